The Labute approximate surface area is 127 Å². The van der Waals surface area contributed by atoms with Gasteiger partial charge < -0.3 is 5.92 Å². The minimum Gasteiger partial charge on any atom is -0.323 e. The fourth-order valence-electron chi connectivity index (χ4n) is 0.428. The van der Waals surface area contributed by atoms with Crippen LogP contribution in [0.5, 0.6) is 0 Å². The molecule has 0 heterocycles. The van der Waals surface area contributed by atoms with Crippen molar-refractivity contribution < 1.29 is 53.8 Å². The van der Waals surface area contributed by atoms with Crippen molar-refractivity contribution in [2.75, 3.05) is 0 Å². The van der Waals surface area contributed by atoms with Crippen LogP contribution in [0.1, 0.15) is 20.8 Å². The molecule has 0 aliphatic heterocycles. The predicted octanol–water partition coefficient (Wildman–Crippen LogP) is 3.59. The smallest absolute Gasteiger partial charge is 0.00399 e. The summed E-state index contributed by atoms with van der Waals surface area (Å²) in [4.78, 5) is 1.02. The molecule has 0 N–H and O–H groups in total. The van der Waals surface area contributed by atoms with E-state index < -0.39 is 0 Å². The van der Waals surface area contributed by atoms with Gasteiger partial charge in [0.1, 0.15) is 0 Å². The molecule has 0 aliphatic carbocycles. The van der Waals surface area contributed by atoms with Crippen molar-refractivity contribution >= 4 is 12.6 Å². The normalized spacial score (nSPS) is 7.46. The van der Waals surface area contributed by atoms with Gasteiger partial charge in [0.05, 0.1) is 0 Å². The van der Waals surface area contributed by atoms with E-state index >= 15 is 0 Å². The summed E-state index contributed by atoms with van der Waals surface area (Å²) in [7, 11) is 0. The minimum atomic E-state index is 0. The van der Waals surface area contributed by atoms with E-state index in [0.29, 0.717) is 0 Å². The predicted molar refractivity (Wildman–Crippen MR) is 54.0 cm³/mol. The van der Waals surface area contributed by atoms with Gasteiger partial charge in [-0.1, -0.05) is 18.2 Å². The van der Waals surface area contributed by atoms with Crippen LogP contribution >= 0.6 is 12.6 Å². The zero-order chi connectivity index (χ0) is 8.69. The molecule has 0 spiro atoms. The Morgan fingerprint density at radius 3 is 1.46 bits per heavy atom. The summed E-state index contributed by atoms with van der Waals surface area (Å²) in [6, 6.07) is 9.79. The first-order valence-corrected chi connectivity index (χ1v) is 4.08. The molecule has 1 radical (unpaired) electrons. The summed E-state index contributed by atoms with van der Waals surface area (Å²) in [5.74, 6) is 1.42. The molecule has 0 atom stereocenters. The van der Waals surface area contributed by atoms with Crippen molar-refractivity contribution in [3.63, 3.8) is 0 Å². The number of thiol groups is 1. The van der Waals surface area contributed by atoms with Crippen LogP contribution < -0.4 is 0 Å². The van der Waals surface area contributed by atoms with Gasteiger partial charge in [0, 0.05) is 58.7 Å². The van der Waals surface area contributed by atoms with E-state index in [1.807, 2.05) is 30.3 Å². The SMILES string of the molecule is C[C-](C)C.Sc1ccccc1.[W].[Y]. The molecule has 0 aromatic heterocycles. The van der Waals surface area contributed by atoms with Crippen LogP contribution in [0, 0.1) is 5.92 Å². The Morgan fingerprint density at radius 2 is 1.31 bits per heavy atom. The Balaban J connectivity index is -0.000000150. The number of hydrogen-bond acceptors (Lipinski definition) is 1. The molecule has 3 heteroatoms. The van der Waals surface area contributed by atoms with Crippen molar-refractivity contribution in [3.05, 3.63) is 36.2 Å². The minimum absolute atomic E-state index is 0. The van der Waals surface area contributed by atoms with Gasteiger partial charge in [0.2, 0.25) is 0 Å². The van der Waals surface area contributed by atoms with E-state index in [-0.39, 0.29) is 53.8 Å². The van der Waals surface area contributed by atoms with Gasteiger partial charge in [-0.25, -0.2) is 0 Å². The average Bonchev–Trinajstić information content (AvgIpc) is 1.87. The van der Waals surface area contributed by atoms with E-state index in [9.17, 15) is 0 Å². The summed E-state index contributed by atoms with van der Waals surface area (Å²) >= 11 is 4.08. The van der Waals surface area contributed by atoms with Crippen LogP contribution in [-0.4, -0.2) is 0 Å². The monoisotopic (exact) mass is 440 g/mol. The Morgan fingerprint density at radius 1 is 1.00 bits per heavy atom. The van der Waals surface area contributed by atoms with Crippen molar-refractivity contribution in [1.82, 2.24) is 0 Å². The van der Waals surface area contributed by atoms with Gasteiger partial charge >= 0.3 is 0 Å². The molecule has 1 aromatic rings. The van der Waals surface area contributed by atoms with Crippen LogP contribution in [0.25, 0.3) is 0 Å². The van der Waals surface area contributed by atoms with Crippen LogP contribution in [0.15, 0.2) is 35.2 Å². The maximum atomic E-state index is 4.08. The van der Waals surface area contributed by atoms with Crippen molar-refractivity contribution in [3.8, 4) is 0 Å². The van der Waals surface area contributed by atoms with Crippen LogP contribution in [0.2, 0.25) is 0 Å². The fourth-order valence-corrected chi connectivity index (χ4v) is 0.600. The summed E-state index contributed by atoms with van der Waals surface area (Å²) in [5.41, 5.74) is 0. The number of hydrogen-bond donors (Lipinski definition) is 1. The van der Waals surface area contributed by atoms with E-state index in [1.54, 1.807) is 0 Å². The first kappa shape index (κ1) is 19.9. The van der Waals surface area contributed by atoms with Crippen molar-refractivity contribution in [2.24, 2.45) is 0 Å². The van der Waals surface area contributed by atoms with Gasteiger partial charge in [-0.2, -0.15) is 20.8 Å². The fraction of sp³-hybridized carbons (Fsp3) is 0.300. The van der Waals surface area contributed by atoms with Crippen LogP contribution in [-0.2, 0) is 53.8 Å². The molecule has 0 bridgehead atoms. The largest absolute Gasteiger partial charge is 0.323 e. The molecule has 71 valence electrons. The van der Waals surface area contributed by atoms with Gasteiger partial charge in [0.15, 0.2) is 0 Å². The van der Waals surface area contributed by atoms with E-state index in [2.05, 4.69) is 33.4 Å². The van der Waals surface area contributed by atoms with E-state index in [4.69, 9.17) is 0 Å². The van der Waals surface area contributed by atoms with Gasteiger partial charge in [-0.05, 0) is 12.1 Å². The standard InChI is InChI=1S/C6H6S.C4H9.W.Y/c7-6-4-2-1-3-5-6;1-4(2)3;;/h1-5,7H;1-3H3;;/q;-1;;. The third-order valence-electron chi connectivity index (χ3n) is 0.756. The molecule has 0 unspecified atom stereocenters. The summed E-state index contributed by atoms with van der Waals surface area (Å²) in [6.07, 6.45) is 0. The second-order valence-corrected chi connectivity index (χ2v) is 3.35. The number of benzene rings is 1. The molecule has 1 aromatic carbocycles. The number of rotatable bonds is 0. The van der Waals surface area contributed by atoms with Gasteiger partial charge in [0.25, 0.3) is 0 Å². The second kappa shape index (κ2) is 13.4. The Bertz CT molecular complexity index is 175. The molecule has 0 aliphatic rings. The zero-order valence-electron chi connectivity index (χ0n) is 8.32. The van der Waals surface area contributed by atoms with E-state index in [0.717, 1.165) is 4.90 Å². The summed E-state index contributed by atoms with van der Waals surface area (Å²) in [6.45, 7) is 6.25. The van der Waals surface area contributed by atoms with Crippen LogP contribution in [0.3, 0.4) is 0 Å². The first-order valence-electron chi connectivity index (χ1n) is 3.63. The van der Waals surface area contributed by atoms with Crippen molar-refractivity contribution in [1.29, 1.82) is 0 Å². The molecular formula is C10H15SWY-. The second-order valence-electron chi connectivity index (χ2n) is 2.84. The zero-order valence-corrected chi connectivity index (χ0v) is 15.0. The maximum Gasteiger partial charge on any atom is 0.00399 e. The molecule has 0 amide bonds. The maximum absolute atomic E-state index is 4.08. The molecule has 1 rings (SSSR count). The average molecular weight is 440 g/mol. The van der Waals surface area contributed by atoms with Crippen molar-refractivity contribution in [2.45, 2.75) is 25.7 Å². The quantitative estimate of drug-likeness (QED) is 0.463. The molecule has 13 heavy (non-hydrogen) atoms. The van der Waals surface area contributed by atoms with Gasteiger partial charge in [-0.15, -0.1) is 12.6 Å². The first-order chi connectivity index (χ1) is 5.13. The van der Waals surface area contributed by atoms with Crippen LogP contribution in [0.4, 0.5) is 0 Å². The third kappa shape index (κ3) is 19.7. The molecule has 0 fully saturated rings. The molecular weight excluding hydrogens is 425 g/mol. The third-order valence-corrected chi connectivity index (χ3v) is 1.05. The topological polar surface area (TPSA) is 0 Å². The van der Waals surface area contributed by atoms with Gasteiger partial charge in [-0.3, -0.25) is 0 Å². The molecule has 0 nitrogen and oxygen atoms in total. The molecule has 0 saturated heterocycles. The Kier molecular flexibility index (Phi) is 20.4. The molecule has 0 saturated carbocycles. The van der Waals surface area contributed by atoms with E-state index in [1.165, 1.54) is 5.92 Å². The summed E-state index contributed by atoms with van der Waals surface area (Å²) in [5, 5.41) is 0. The Hall–Kier alpha value is 1.36. The summed E-state index contributed by atoms with van der Waals surface area (Å²) < 4.78 is 0.